The van der Waals surface area contributed by atoms with Gasteiger partial charge in [0.05, 0.1) is 53.1 Å². The first-order chi connectivity index (χ1) is 36.5. The van der Waals surface area contributed by atoms with E-state index in [4.69, 9.17) is 23.1 Å². The number of aryl methyl sites for hydroxylation is 2. The van der Waals surface area contributed by atoms with E-state index in [-0.39, 0.29) is 20.1 Å². The van der Waals surface area contributed by atoms with Gasteiger partial charge in [0.15, 0.2) is 5.69 Å². The molecular weight excluding hydrogens is 1100 g/mol. The first kappa shape index (κ1) is 49.0. The van der Waals surface area contributed by atoms with E-state index < -0.39 is 0 Å². The van der Waals surface area contributed by atoms with Crippen LogP contribution in [0.2, 0.25) is 0 Å². The Hall–Kier alpha value is -9.63. The largest absolute Gasteiger partial charge is 0.338 e. The number of imidazole rings is 2. The standard InChI is InChI=1S/C33H24N4.C33H23N4.Ir/c2*1-24-18-19-27(22-29(24)34-2)33-35-20-21-36(33)31-23-30(25-12-6-3-7-13-25)37(28-16-10-5-11-17-28)32(31)26-14-8-4-9-15-26;/h3-23H,1H3;3-18,20-23H,1H3;/q;-1;. The number of hydrogen-bond acceptors (Lipinski definition) is 2. The molecular formula is C66H47IrN8-. The van der Waals surface area contributed by atoms with Crippen molar-refractivity contribution in [3.63, 3.8) is 0 Å². The summed E-state index contributed by atoms with van der Waals surface area (Å²) in [5.74, 6) is 1.54. The second-order valence-corrected chi connectivity index (χ2v) is 17.7. The molecule has 0 aliphatic rings. The molecule has 12 aromatic rings. The van der Waals surface area contributed by atoms with Gasteiger partial charge in [0.1, 0.15) is 11.5 Å². The molecule has 0 saturated carbocycles. The molecule has 0 saturated heterocycles. The van der Waals surface area contributed by atoms with Crippen molar-refractivity contribution in [3.05, 3.63) is 289 Å². The minimum Gasteiger partial charge on any atom is -0.338 e. The van der Waals surface area contributed by atoms with Crippen molar-refractivity contribution < 1.29 is 20.1 Å². The molecule has 0 aliphatic heterocycles. The summed E-state index contributed by atoms with van der Waals surface area (Å²) in [6, 6.07) is 80.2. The van der Waals surface area contributed by atoms with E-state index in [0.717, 1.165) is 102 Å². The fourth-order valence-corrected chi connectivity index (χ4v) is 9.52. The Morgan fingerprint density at radius 2 is 0.813 bits per heavy atom. The summed E-state index contributed by atoms with van der Waals surface area (Å²) in [5, 5.41) is 0. The smallest absolute Gasteiger partial charge is 0.190 e. The normalized spacial score (nSPS) is 10.7. The Balaban J connectivity index is 0.000000169. The second kappa shape index (κ2) is 22.0. The summed E-state index contributed by atoms with van der Waals surface area (Å²) >= 11 is 0. The van der Waals surface area contributed by atoms with E-state index in [1.54, 1.807) is 6.20 Å². The SMILES string of the molecule is [C-]#[N+]c1cc(-c2nccn2-c2cc(-c3ccccc3)n(-c3ccccc3)c2-c2ccccc2)[c-]cc1C.[C-]#[N+]c1cc(-c2nccn2-c2cc(-c3ccccc3)n(-c3ccccc3)c2-c2ccccc2)ccc1C.[Ir]. The Labute approximate surface area is 450 Å². The summed E-state index contributed by atoms with van der Waals surface area (Å²) in [5.41, 5.74) is 17.7. The van der Waals surface area contributed by atoms with Gasteiger partial charge in [-0.3, -0.25) is 14.4 Å². The van der Waals surface area contributed by atoms with Crippen molar-refractivity contribution >= 4 is 11.4 Å². The molecule has 0 N–H and O–H groups in total. The van der Waals surface area contributed by atoms with E-state index in [2.05, 4.69) is 192 Å². The fourth-order valence-electron chi connectivity index (χ4n) is 9.52. The average Bonchev–Trinajstić information content (AvgIpc) is 4.32. The van der Waals surface area contributed by atoms with E-state index in [0.29, 0.717) is 11.4 Å². The van der Waals surface area contributed by atoms with Crippen LogP contribution in [0.15, 0.2) is 249 Å². The van der Waals surface area contributed by atoms with Gasteiger partial charge in [-0.25, -0.2) is 9.83 Å². The Morgan fingerprint density at radius 1 is 0.413 bits per heavy atom. The molecule has 0 bridgehead atoms. The molecule has 1 radical (unpaired) electrons. The predicted molar refractivity (Wildman–Crippen MR) is 299 cm³/mol. The second-order valence-electron chi connectivity index (χ2n) is 17.7. The molecule has 75 heavy (non-hydrogen) atoms. The van der Waals surface area contributed by atoms with Gasteiger partial charge in [-0.2, -0.15) is 6.07 Å². The number of para-hydroxylation sites is 2. The quantitative estimate of drug-likeness (QED) is 0.128. The van der Waals surface area contributed by atoms with Gasteiger partial charge >= 0.3 is 0 Å². The van der Waals surface area contributed by atoms with Crippen molar-refractivity contribution in [1.82, 2.24) is 28.2 Å². The van der Waals surface area contributed by atoms with Crippen LogP contribution >= 0.6 is 0 Å². The summed E-state index contributed by atoms with van der Waals surface area (Å²) in [4.78, 5) is 16.9. The Morgan fingerprint density at radius 3 is 1.27 bits per heavy atom. The Bertz CT molecular complexity index is 3710. The molecule has 0 fully saturated rings. The van der Waals surface area contributed by atoms with E-state index in [1.165, 1.54) is 0 Å². The van der Waals surface area contributed by atoms with E-state index in [9.17, 15) is 0 Å². The molecule has 361 valence electrons. The summed E-state index contributed by atoms with van der Waals surface area (Å²) in [6.07, 6.45) is 7.60. The maximum atomic E-state index is 7.59. The molecule has 0 atom stereocenters. The van der Waals surface area contributed by atoms with Crippen molar-refractivity contribution in [1.29, 1.82) is 0 Å². The third-order valence-corrected chi connectivity index (χ3v) is 13.1. The van der Waals surface area contributed by atoms with Crippen LogP contribution in [0.4, 0.5) is 11.4 Å². The van der Waals surface area contributed by atoms with Gasteiger partial charge in [-0.1, -0.05) is 177 Å². The first-order valence-corrected chi connectivity index (χ1v) is 24.3. The van der Waals surface area contributed by atoms with Crippen molar-refractivity contribution in [2.45, 2.75) is 13.8 Å². The molecule has 9 heteroatoms. The summed E-state index contributed by atoms with van der Waals surface area (Å²) in [7, 11) is 0. The van der Waals surface area contributed by atoms with Gasteiger partial charge in [-0.15, -0.1) is 23.3 Å². The molecule has 0 aliphatic carbocycles. The van der Waals surface area contributed by atoms with Crippen molar-refractivity contribution in [3.8, 4) is 90.6 Å². The molecule has 8 nitrogen and oxygen atoms in total. The molecule has 4 heterocycles. The molecule has 8 aromatic carbocycles. The number of hydrogen-bond donors (Lipinski definition) is 0. The summed E-state index contributed by atoms with van der Waals surface area (Å²) in [6.45, 7) is 19.1. The number of aromatic nitrogens is 6. The predicted octanol–water partition coefficient (Wildman–Crippen LogP) is 16.8. The third-order valence-electron chi connectivity index (χ3n) is 13.1. The Kier molecular flexibility index (Phi) is 14.4. The zero-order valence-electron chi connectivity index (χ0n) is 41.1. The minimum atomic E-state index is 0. The van der Waals surface area contributed by atoms with Crippen LogP contribution in [-0.4, -0.2) is 28.2 Å². The maximum absolute atomic E-state index is 7.59. The van der Waals surface area contributed by atoms with Gasteiger partial charge < -0.3 is 13.7 Å². The zero-order chi connectivity index (χ0) is 50.4. The monoisotopic (exact) mass is 1140 g/mol. The van der Waals surface area contributed by atoms with Gasteiger partial charge in [0.25, 0.3) is 0 Å². The van der Waals surface area contributed by atoms with Crippen LogP contribution in [-0.2, 0) is 20.1 Å². The topological polar surface area (TPSA) is 54.2 Å². The molecule has 0 spiro atoms. The summed E-state index contributed by atoms with van der Waals surface area (Å²) < 4.78 is 8.87. The molecule has 0 amide bonds. The van der Waals surface area contributed by atoms with E-state index in [1.807, 2.05) is 99.2 Å². The number of rotatable bonds is 10. The van der Waals surface area contributed by atoms with Crippen LogP contribution in [0.25, 0.3) is 100 Å². The fraction of sp³-hybridized carbons (Fsp3) is 0.0303. The van der Waals surface area contributed by atoms with Crippen molar-refractivity contribution in [2.24, 2.45) is 0 Å². The molecule has 0 unspecified atom stereocenters. The van der Waals surface area contributed by atoms with Gasteiger partial charge in [-0.05, 0) is 66.1 Å². The first-order valence-electron chi connectivity index (χ1n) is 24.3. The average molecular weight is 1140 g/mol. The van der Waals surface area contributed by atoms with E-state index >= 15 is 0 Å². The molecule has 12 rings (SSSR count). The van der Waals surface area contributed by atoms with Crippen LogP contribution in [0.1, 0.15) is 11.1 Å². The minimum absolute atomic E-state index is 0. The maximum Gasteiger partial charge on any atom is 0.190 e. The molecule has 4 aromatic heterocycles. The number of benzene rings is 8. The van der Waals surface area contributed by atoms with Crippen LogP contribution in [0, 0.1) is 33.1 Å². The zero-order valence-corrected chi connectivity index (χ0v) is 43.5. The third kappa shape index (κ3) is 9.74. The van der Waals surface area contributed by atoms with Crippen LogP contribution < -0.4 is 0 Å². The van der Waals surface area contributed by atoms with Crippen molar-refractivity contribution in [2.75, 3.05) is 0 Å². The van der Waals surface area contributed by atoms with Gasteiger partial charge in [0, 0.05) is 73.0 Å². The van der Waals surface area contributed by atoms with Crippen LogP contribution in [0.3, 0.4) is 0 Å². The van der Waals surface area contributed by atoms with Gasteiger partial charge in [0.2, 0.25) is 0 Å². The van der Waals surface area contributed by atoms with Crippen LogP contribution in [0.5, 0.6) is 0 Å². The number of nitrogens with zero attached hydrogens (tertiary/aromatic N) is 8.